The van der Waals surface area contributed by atoms with Gasteiger partial charge in [0.05, 0.1) is 4.90 Å². The van der Waals surface area contributed by atoms with Crippen LogP contribution in [-0.4, -0.2) is 35.8 Å². The quantitative estimate of drug-likeness (QED) is 0.867. The number of aromatic nitrogens is 2. The molecule has 116 valence electrons. The summed E-state index contributed by atoms with van der Waals surface area (Å²) in [5.74, 6) is 0.322. The zero-order valence-corrected chi connectivity index (χ0v) is 13.3. The highest BCUT2D eigenvalue weighted by Gasteiger charge is 2.27. The molecule has 1 aromatic heterocycles. The standard InChI is InChI=1S/C14H15ClN4O2S/c15-13-6-7-16-14(18-13)17-11-4-3-5-12(10-11)22(20,21)19-8-1-2-9-19/h3-7,10H,1-2,8-9H2,(H,16,17,18). The largest absolute Gasteiger partial charge is 0.324 e. The first-order valence-electron chi connectivity index (χ1n) is 6.91. The molecule has 0 amide bonds. The molecule has 3 rings (SSSR count). The van der Waals surface area contributed by atoms with Gasteiger partial charge in [0, 0.05) is 25.0 Å². The predicted octanol–water partition coefficient (Wildman–Crippen LogP) is 2.66. The van der Waals surface area contributed by atoms with Crippen LogP contribution in [0.3, 0.4) is 0 Å². The van der Waals surface area contributed by atoms with E-state index in [1.54, 1.807) is 30.3 Å². The van der Waals surface area contributed by atoms with Crippen molar-refractivity contribution in [3.05, 3.63) is 41.7 Å². The number of hydrogen-bond donors (Lipinski definition) is 1. The van der Waals surface area contributed by atoms with Gasteiger partial charge in [-0.1, -0.05) is 17.7 Å². The molecular weight excluding hydrogens is 324 g/mol. The van der Waals surface area contributed by atoms with Gasteiger partial charge in [-0.2, -0.15) is 4.31 Å². The Hall–Kier alpha value is -1.70. The van der Waals surface area contributed by atoms with E-state index in [2.05, 4.69) is 15.3 Å². The van der Waals surface area contributed by atoms with Crippen molar-refractivity contribution in [2.75, 3.05) is 18.4 Å². The maximum Gasteiger partial charge on any atom is 0.243 e. The predicted molar refractivity (Wildman–Crippen MR) is 84.8 cm³/mol. The summed E-state index contributed by atoms with van der Waals surface area (Å²) in [6.07, 6.45) is 3.35. The summed E-state index contributed by atoms with van der Waals surface area (Å²) in [5.41, 5.74) is 0.600. The molecule has 1 aliphatic rings. The van der Waals surface area contributed by atoms with E-state index in [0.29, 0.717) is 29.9 Å². The molecule has 8 heteroatoms. The fourth-order valence-corrected chi connectivity index (χ4v) is 4.04. The summed E-state index contributed by atoms with van der Waals surface area (Å²) in [6, 6.07) is 8.19. The summed E-state index contributed by atoms with van der Waals surface area (Å²) in [5, 5.41) is 3.28. The van der Waals surface area contributed by atoms with Crippen LogP contribution in [0, 0.1) is 0 Å². The summed E-state index contributed by atoms with van der Waals surface area (Å²) >= 11 is 5.81. The molecule has 22 heavy (non-hydrogen) atoms. The summed E-state index contributed by atoms with van der Waals surface area (Å²) < 4.78 is 26.6. The van der Waals surface area contributed by atoms with Crippen molar-refractivity contribution in [2.45, 2.75) is 17.7 Å². The number of nitrogens with one attached hydrogen (secondary N) is 1. The Labute approximate surface area is 134 Å². The van der Waals surface area contributed by atoms with Crippen molar-refractivity contribution in [3.63, 3.8) is 0 Å². The summed E-state index contributed by atoms with van der Waals surface area (Å²) in [4.78, 5) is 8.32. The third-order valence-electron chi connectivity index (χ3n) is 3.41. The lowest BCUT2D eigenvalue weighted by atomic mass is 10.3. The monoisotopic (exact) mass is 338 g/mol. The first-order chi connectivity index (χ1) is 10.6. The molecule has 0 atom stereocenters. The van der Waals surface area contributed by atoms with Crippen LogP contribution in [0.15, 0.2) is 41.4 Å². The van der Waals surface area contributed by atoms with Crippen molar-refractivity contribution in [1.29, 1.82) is 0 Å². The average Bonchev–Trinajstić information content (AvgIpc) is 3.02. The molecular formula is C14H15ClN4O2S. The number of halogens is 1. The van der Waals surface area contributed by atoms with Gasteiger partial charge in [0.15, 0.2) is 0 Å². The third kappa shape index (κ3) is 3.21. The van der Waals surface area contributed by atoms with Crippen LogP contribution >= 0.6 is 11.6 Å². The number of nitrogens with zero attached hydrogens (tertiary/aromatic N) is 3. The molecule has 0 aliphatic carbocycles. The molecule has 0 unspecified atom stereocenters. The Morgan fingerprint density at radius 1 is 1.18 bits per heavy atom. The number of benzene rings is 1. The van der Waals surface area contributed by atoms with E-state index in [-0.39, 0.29) is 4.90 Å². The molecule has 1 aliphatic heterocycles. The average molecular weight is 339 g/mol. The maximum atomic E-state index is 12.5. The van der Waals surface area contributed by atoms with Gasteiger partial charge in [0.2, 0.25) is 16.0 Å². The smallest absolute Gasteiger partial charge is 0.243 e. The van der Waals surface area contributed by atoms with Gasteiger partial charge < -0.3 is 5.32 Å². The van der Waals surface area contributed by atoms with Gasteiger partial charge in [0.25, 0.3) is 0 Å². The minimum absolute atomic E-state index is 0.265. The number of hydrogen-bond acceptors (Lipinski definition) is 5. The molecule has 2 heterocycles. The molecule has 1 saturated heterocycles. The van der Waals surface area contributed by atoms with E-state index in [1.165, 1.54) is 10.5 Å². The molecule has 0 spiro atoms. The molecule has 1 aromatic carbocycles. The minimum atomic E-state index is -3.44. The van der Waals surface area contributed by atoms with Crippen LogP contribution in [0.2, 0.25) is 5.15 Å². The molecule has 2 aromatic rings. The number of sulfonamides is 1. The van der Waals surface area contributed by atoms with Gasteiger partial charge in [-0.3, -0.25) is 0 Å². The van der Waals surface area contributed by atoms with E-state index < -0.39 is 10.0 Å². The van der Waals surface area contributed by atoms with Crippen molar-refractivity contribution in [3.8, 4) is 0 Å². The van der Waals surface area contributed by atoms with Crippen LogP contribution in [0.5, 0.6) is 0 Å². The van der Waals surface area contributed by atoms with Gasteiger partial charge in [0.1, 0.15) is 5.15 Å². The van der Waals surface area contributed by atoms with Gasteiger partial charge in [-0.15, -0.1) is 0 Å². The number of anilines is 2. The van der Waals surface area contributed by atoms with E-state index in [1.807, 2.05) is 0 Å². The number of rotatable bonds is 4. The van der Waals surface area contributed by atoms with Crippen LogP contribution in [0.25, 0.3) is 0 Å². The molecule has 0 bridgehead atoms. The molecule has 6 nitrogen and oxygen atoms in total. The van der Waals surface area contributed by atoms with Crippen LogP contribution in [0.4, 0.5) is 11.6 Å². The second-order valence-corrected chi connectivity index (χ2v) is 7.29. The Morgan fingerprint density at radius 3 is 2.68 bits per heavy atom. The summed E-state index contributed by atoms with van der Waals surface area (Å²) in [6.45, 7) is 1.16. The van der Waals surface area contributed by atoms with E-state index in [4.69, 9.17) is 11.6 Å². The van der Waals surface area contributed by atoms with Crippen LogP contribution in [-0.2, 0) is 10.0 Å². The SMILES string of the molecule is O=S(=O)(c1cccc(Nc2nccc(Cl)n2)c1)N1CCCC1. The molecule has 0 radical (unpaired) electrons. The van der Waals surface area contributed by atoms with Gasteiger partial charge in [-0.25, -0.2) is 18.4 Å². The Kier molecular flexibility index (Phi) is 4.28. The highest BCUT2D eigenvalue weighted by molar-refractivity contribution is 7.89. The normalized spacial score (nSPS) is 15.9. The highest BCUT2D eigenvalue weighted by Crippen LogP contribution is 2.24. The Balaban J connectivity index is 1.86. The zero-order valence-electron chi connectivity index (χ0n) is 11.7. The van der Waals surface area contributed by atoms with Crippen molar-refractivity contribution < 1.29 is 8.42 Å². The lowest BCUT2D eigenvalue weighted by Crippen LogP contribution is -2.27. The fraction of sp³-hybridized carbons (Fsp3) is 0.286. The Bertz CT molecular complexity index is 776. The minimum Gasteiger partial charge on any atom is -0.324 e. The van der Waals surface area contributed by atoms with Crippen molar-refractivity contribution in [2.24, 2.45) is 0 Å². The fourth-order valence-electron chi connectivity index (χ4n) is 2.34. The Morgan fingerprint density at radius 2 is 1.95 bits per heavy atom. The van der Waals surface area contributed by atoms with Gasteiger partial charge >= 0.3 is 0 Å². The van der Waals surface area contributed by atoms with E-state index in [9.17, 15) is 8.42 Å². The van der Waals surface area contributed by atoms with Crippen LogP contribution in [0.1, 0.15) is 12.8 Å². The third-order valence-corrected chi connectivity index (χ3v) is 5.52. The molecule has 1 fully saturated rings. The summed E-state index contributed by atoms with van der Waals surface area (Å²) in [7, 11) is -3.44. The molecule has 1 N–H and O–H groups in total. The lowest BCUT2D eigenvalue weighted by Gasteiger charge is -2.16. The second kappa shape index (κ2) is 6.20. The zero-order chi connectivity index (χ0) is 15.6. The van der Waals surface area contributed by atoms with E-state index >= 15 is 0 Å². The first-order valence-corrected chi connectivity index (χ1v) is 8.73. The highest BCUT2D eigenvalue weighted by atomic mass is 35.5. The maximum absolute atomic E-state index is 12.5. The van der Waals surface area contributed by atoms with Gasteiger partial charge in [-0.05, 0) is 37.1 Å². The second-order valence-electron chi connectivity index (χ2n) is 4.97. The van der Waals surface area contributed by atoms with Crippen molar-refractivity contribution >= 4 is 33.3 Å². The topological polar surface area (TPSA) is 75.2 Å². The first kappa shape index (κ1) is 15.2. The lowest BCUT2D eigenvalue weighted by molar-refractivity contribution is 0.477. The molecule has 0 saturated carbocycles. The van der Waals surface area contributed by atoms with Crippen molar-refractivity contribution in [1.82, 2.24) is 14.3 Å². The van der Waals surface area contributed by atoms with Crippen LogP contribution < -0.4 is 5.32 Å². The van der Waals surface area contributed by atoms with E-state index in [0.717, 1.165) is 12.8 Å².